The first-order chi connectivity index (χ1) is 13.1. The van der Waals surface area contributed by atoms with Gasteiger partial charge >= 0.3 is 0 Å². The molecule has 1 unspecified atom stereocenters. The third-order valence-corrected chi connectivity index (χ3v) is 6.70. The molecule has 0 fully saturated rings. The van der Waals surface area contributed by atoms with Gasteiger partial charge in [-0.05, 0) is 82.1 Å². The predicted octanol–water partition coefficient (Wildman–Crippen LogP) is 7.37. The Kier molecular flexibility index (Phi) is 4.11. The van der Waals surface area contributed by atoms with Gasteiger partial charge in [0.1, 0.15) is 0 Å². The molecule has 2 aliphatic rings. The number of allylic oxidation sites excluding steroid dienone is 6. The molecule has 0 saturated heterocycles. The fraction of sp³-hybridized carbons (Fsp3) is 0.120. The highest BCUT2D eigenvalue weighted by atomic mass is 127. The van der Waals surface area contributed by atoms with Crippen LogP contribution in [0.15, 0.2) is 69.9 Å². The third-order valence-electron chi connectivity index (χ3n) is 5.24. The Labute approximate surface area is 177 Å². The molecule has 2 heteroatoms. The lowest BCUT2D eigenvalue weighted by Crippen LogP contribution is -2.11. The molecule has 1 aromatic heterocycles. The molecular formula is C25H17IS. The standard InChI is InChI=1S/C25H17IS/c1-15-3-7-18-11-22-23-12-19-8-6-17(5-4-16(2)26)10-21(19)14-25(23)27-24(22)13-20(18)9-15/h3,6-13,21H,2,14H2,1H3. The van der Waals surface area contributed by atoms with Crippen LogP contribution >= 0.6 is 33.9 Å². The Morgan fingerprint density at radius 3 is 2.93 bits per heavy atom. The van der Waals surface area contributed by atoms with E-state index in [1.807, 2.05) is 11.3 Å². The number of halogens is 1. The van der Waals surface area contributed by atoms with Crippen molar-refractivity contribution in [3.05, 3.63) is 85.9 Å². The summed E-state index contributed by atoms with van der Waals surface area (Å²) in [5.41, 5.74) is 5.22. The summed E-state index contributed by atoms with van der Waals surface area (Å²) in [5, 5.41) is 4.05. The number of thiophene rings is 1. The fourth-order valence-electron chi connectivity index (χ4n) is 3.94. The Bertz CT molecular complexity index is 1280. The first-order valence-electron chi connectivity index (χ1n) is 9.00. The van der Waals surface area contributed by atoms with Crippen LogP contribution in [0.1, 0.15) is 16.0 Å². The number of aryl methyl sites for hydroxylation is 1. The molecule has 2 aliphatic carbocycles. The van der Waals surface area contributed by atoms with Crippen LogP contribution < -0.4 is 0 Å². The van der Waals surface area contributed by atoms with Gasteiger partial charge in [0.2, 0.25) is 0 Å². The minimum absolute atomic E-state index is 0.430. The van der Waals surface area contributed by atoms with Crippen molar-refractivity contribution in [1.29, 1.82) is 0 Å². The van der Waals surface area contributed by atoms with Gasteiger partial charge in [-0.3, -0.25) is 0 Å². The predicted molar refractivity (Wildman–Crippen MR) is 127 cm³/mol. The second-order valence-corrected chi connectivity index (χ2v) is 9.64. The number of benzene rings is 2. The average Bonchev–Trinajstić information content (AvgIpc) is 2.98. The van der Waals surface area contributed by atoms with Gasteiger partial charge in [-0.15, -0.1) is 11.3 Å². The van der Waals surface area contributed by atoms with E-state index in [1.54, 1.807) is 0 Å². The van der Waals surface area contributed by atoms with E-state index >= 15 is 0 Å². The summed E-state index contributed by atoms with van der Waals surface area (Å²) in [6.07, 6.45) is 10.1. The third kappa shape index (κ3) is 3.09. The molecule has 1 heterocycles. The SMILES string of the molecule is C=C(I)C#CC1=CC2Cc3sc4cc5cc(C)ccc5cc4c3C=C2C=C1. The molecule has 0 spiro atoms. The Morgan fingerprint density at radius 2 is 2.07 bits per heavy atom. The molecule has 130 valence electrons. The van der Waals surface area contributed by atoms with Gasteiger partial charge in [-0.2, -0.15) is 0 Å². The first kappa shape index (κ1) is 17.0. The van der Waals surface area contributed by atoms with E-state index in [1.165, 1.54) is 42.4 Å². The molecule has 0 amide bonds. The van der Waals surface area contributed by atoms with Crippen LogP contribution in [-0.4, -0.2) is 0 Å². The van der Waals surface area contributed by atoms with Crippen LogP contribution in [0.3, 0.4) is 0 Å². The summed E-state index contributed by atoms with van der Waals surface area (Å²) >= 11 is 4.11. The van der Waals surface area contributed by atoms with Crippen LogP contribution in [0.2, 0.25) is 0 Å². The molecule has 5 rings (SSSR count). The van der Waals surface area contributed by atoms with E-state index in [0.29, 0.717) is 5.92 Å². The smallest absolute Gasteiger partial charge is 0.0561 e. The lowest BCUT2D eigenvalue weighted by Gasteiger charge is -2.22. The van der Waals surface area contributed by atoms with Crippen LogP contribution in [0, 0.1) is 24.7 Å². The second-order valence-electron chi connectivity index (χ2n) is 7.20. The summed E-state index contributed by atoms with van der Waals surface area (Å²) < 4.78 is 2.27. The zero-order valence-corrected chi connectivity index (χ0v) is 17.9. The quantitative estimate of drug-likeness (QED) is 0.235. The van der Waals surface area contributed by atoms with Crippen molar-refractivity contribution in [3.8, 4) is 11.8 Å². The first-order valence-corrected chi connectivity index (χ1v) is 10.9. The zero-order chi connectivity index (χ0) is 18.5. The minimum atomic E-state index is 0.430. The summed E-state index contributed by atoms with van der Waals surface area (Å²) in [4.78, 5) is 1.49. The van der Waals surface area contributed by atoms with Gasteiger partial charge in [0.15, 0.2) is 0 Å². The van der Waals surface area contributed by atoms with Crippen molar-refractivity contribution >= 4 is 60.9 Å². The van der Waals surface area contributed by atoms with E-state index in [9.17, 15) is 0 Å². The van der Waals surface area contributed by atoms with Crippen LogP contribution in [0.4, 0.5) is 0 Å². The van der Waals surface area contributed by atoms with Gasteiger partial charge in [0.05, 0.1) is 3.58 Å². The van der Waals surface area contributed by atoms with Crippen molar-refractivity contribution in [3.63, 3.8) is 0 Å². The molecule has 0 nitrogen and oxygen atoms in total. The maximum atomic E-state index is 3.86. The lowest BCUT2D eigenvalue weighted by atomic mass is 9.82. The Hall–Kier alpha value is -2.09. The fourth-order valence-corrected chi connectivity index (χ4v) is 5.35. The van der Waals surface area contributed by atoms with Gasteiger partial charge in [0, 0.05) is 26.5 Å². The summed E-state index contributed by atoms with van der Waals surface area (Å²) in [6, 6.07) is 11.4. The minimum Gasteiger partial charge on any atom is -0.140 e. The van der Waals surface area contributed by atoms with Crippen molar-refractivity contribution in [2.24, 2.45) is 5.92 Å². The van der Waals surface area contributed by atoms with E-state index in [0.717, 1.165) is 15.6 Å². The molecule has 27 heavy (non-hydrogen) atoms. The van der Waals surface area contributed by atoms with E-state index in [4.69, 9.17) is 0 Å². The molecule has 1 atom stereocenters. The monoisotopic (exact) mass is 476 g/mol. The molecule has 0 saturated carbocycles. The Morgan fingerprint density at radius 1 is 1.19 bits per heavy atom. The lowest BCUT2D eigenvalue weighted by molar-refractivity contribution is 0.768. The largest absolute Gasteiger partial charge is 0.140 e. The maximum Gasteiger partial charge on any atom is 0.0561 e. The van der Waals surface area contributed by atoms with E-state index in [-0.39, 0.29) is 0 Å². The van der Waals surface area contributed by atoms with Gasteiger partial charge in [0.25, 0.3) is 0 Å². The zero-order valence-electron chi connectivity index (χ0n) is 15.0. The summed E-state index contributed by atoms with van der Waals surface area (Å²) in [5.74, 6) is 6.73. The molecule has 2 aromatic carbocycles. The number of rotatable bonds is 0. The molecular weight excluding hydrogens is 459 g/mol. The average molecular weight is 476 g/mol. The van der Waals surface area contributed by atoms with Crippen molar-refractivity contribution < 1.29 is 0 Å². The molecule has 3 aromatic rings. The van der Waals surface area contributed by atoms with Gasteiger partial charge < -0.3 is 0 Å². The van der Waals surface area contributed by atoms with Crippen LogP contribution in [-0.2, 0) is 6.42 Å². The highest BCUT2D eigenvalue weighted by Gasteiger charge is 2.24. The van der Waals surface area contributed by atoms with Crippen molar-refractivity contribution in [1.82, 2.24) is 0 Å². The number of hydrogen-bond donors (Lipinski definition) is 0. The topological polar surface area (TPSA) is 0 Å². The molecule has 0 N–H and O–H groups in total. The van der Waals surface area contributed by atoms with Crippen LogP contribution in [0.5, 0.6) is 0 Å². The Balaban J connectivity index is 1.61. The molecule has 0 radical (unpaired) electrons. The van der Waals surface area contributed by atoms with E-state index < -0.39 is 0 Å². The second kappa shape index (κ2) is 6.51. The number of fused-ring (bicyclic) bond motifs is 5. The van der Waals surface area contributed by atoms with Crippen LogP contribution in [0.25, 0.3) is 26.9 Å². The molecule has 0 aliphatic heterocycles. The van der Waals surface area contributed by atoms with Gasteiger partial charge in [-0.1, -0.05) is 54.3 Å². The highest BCUT2D eigenvalue weighted by Crippen LogP contribution is 2.42. The number of hydrogen-bond acceptors (Lipinski definition) is 1. The van der Waals surface area contributed by atoms with Crippen molar-refractivity contribution in [2.75, 3.05) is 0 Å². The van der Waals surface area contributed by atoms with Gasteiger partial charge in [-0.25, -0.2) is 0 Å². The molecule has 0 bridgehead atoms. The van der Waals surface area contributed by atoms with E-state index in [2.05, 4.69) is 103 Å². The summed E-state index contributed by atoms with van der Waals surface area (Å²) in [7, 11) is 0. The normalized spacial score (nSPS) is 17.6. The summed E-state index contributed by atoms with van der Waals surface area (Å²) in [6.45, 7) is 6.01. The highest BCUT2D eigenvalue weighted by molar-refractivity contribution is 14.1. The van der Waals surface area contributed by atoms with Crippen molar-refractivity contribution in [2.45, 2.75) is 13.3 Å². The maximum absolute atomic E-state index is 3.86.